The van der Waals surface area contributed by atoms with E-state index >= 15 is 0 Å². The minimum Gasteiger partial charge on any atom is -0.456 e. The summed E-state index contributed by atoms with van der Waals surface area (Å²) in [5, 5.41) is 10.7. The predicted octanol–water partition coefficient (Wildman–Crippen LogP) is 2.17. The van der Waals surface area contributed by atoms with Crippen LogP contribution >= 0.6 is 0 Å². The van der Waals surface area contributed by atoms with Crippen molar-refractivity contribution < 1.29 is 27.7 Å². The molecular formula is C19H18N2O7S. The van der Waals surface area contributed by atoms with Gasteiger partial charge in [-0.15, -0.1) is 0 Å². The van der Waals surface area contributed by atoms with Gasteiger partial charge < -0.3 is 4.74 Å². The maximum absolute atomic E-state index is 12.9. The third-order valence-corrected chi connectivity index (χ3v) is 6.49. The molecule has 9 nitrogen and oxygen atoms in total. The summed E-state index contributed by atoms with van der Waals surface area (Å²) in [6, 6.07) is 11.7. The second kappa shape index (κ2) is 8.50. The van der Waals surface area contributed by atoms with Gasteiger partial charge in [0.25, 0.3) is 5.69 Å². The van der Waals surface area contributed by atoms with Crippen LogP contribution in [0.5, 0.6) is 0 Å². The van der Waals surface area contributed by atoms with E-state index in [0.717, 1.165) is 28.6 Å². The molecule has 0 aliphatic carbocycles. The first kappa shape index (κ1) is 20.6. The Bertz CT molecular complexity index is 1020. The van der Waals surface area contributed by atoms with Crippen LogP contribution in [0.2, 0.25) is 0 Å². The van der Waals surface area contributed by atoms with E-state index in [4.69, 9.17) is 4.74 Å². The van der Waals surface area contributed by atoms with Gasteiger partial charge in [-0.3, -0.25) is 19.7 Å². The molecule has 2 aromatic rings. The molecule has 1 fully saturated rings. The van der Waals surface area contributed by atoms with Crippen molar-refractivity contribution in [2.24, 2.45) is 0 Å². The van der Waals surface area contributed by atoms with Crippen molar-refractivity contribution in [3.8, 4) is 0 Å². The molecule has 1 heterocycles. The number of non-ortho nitro benzene ring substituents is 1. The minimum atomic E-state index is -4.04. The zero-order chi connectivity index (χ0) is 21.0. The summed E-state index contributed by atoms with van der Waals surface area (Å²) >= 11 is 0. The predicted molar refractivity (Wildman–Crippen MR) is 102 cm³/mol. The lowest BCUT2D eigenvalue weighted by Crippen LogP contribution is -2.41. The molecule has 1 aliphatic heterocycles. The van der Waals surface area contributed by atoms with Crippen molar-refractivity contribution in [1.29, 1.82) is 0 Å². The van der Waals surface area contributed by atoms with Crippen LogP contribution in [0.3, 0.4) is 0 Å². The van der Waals surface area contributed by atoms with Crippen molar-refractivity contribution in [2.45, 2.75) is 23.8 Å². The highest BCUT2D eigenvalue weighted by atomic mass is 32.2. The van der Waals surface area contributed by atoms with Gasteiger partial charge in [0.2, 0.25) is 10.0 Å². The van der Waals surface area contributed by atoms with Gasteiger partial charge in [0.1, 0.15) is 6.04 Å². The van der Waals surface area contributed by atoms with Crippen LogP contribution in [0.4, 0.5) is 5.69 Å². The number of esters is 1. The Balaban J connectivity index is 1.70. The van der Waals surface area contributed by atoms with E-state index in [0.29, 0.717) is 12.0 Å². The van der Waals surface area contributed by atoms with Gasteiger partial charge in [0.05, 0.1) is 9.82 Å². The molecule has 0 radical (unpaired) electrons. The number of hydrogen-bond acceptors (Lipinski definition) is 7. The summed E-state index contributed by atoms with van der Waals surface area (Å²) in [4.78, 5) is 34.5. The topological polar surface area (TPSA) is 124 Å². The van der Waals surface area contributed by atoms with Crippen LogP contribution in [0, 0.1) is 10.1 Å². The van der Waals surface area contributed by atoms with E-state index in [-0.39, 0.29) is 29.3 Å². The molecule has 0 saturated carbocycles. The molecule has 2 aromatic carbocycles. The molecule has 10 heteroatoms. The molecule has 0 unspecified atom stereocenters. The number of carbonyl (C=O) groups is 2. The maximum atomic E-state index is 12.9. The molecule has 0 aromatic heterocycles. The lowest BCUT2D eigenvalue weighted by Gasteiger charge is -2.22. The molecule has 29 heavy (non-hydrogen) atoms. The van der Waals surface area contributed by atoms with Crippen LogP contribution in [-0.4, -0.2) is 48.6 Å². The first-order chi connectivity index (χ1) is 13.8. The summed E-state index contributed by atoms with van der Waals surface area (Å²) in [5.74, 6) is -1.18. The van der Waals surface area contributed by atoms with Crippen molar-refractivity contribution in [3.05, 3.63) is 70.3 Å². The standard InChI is InChI=1S/C19H18N2O7S/c22-18(14-5-2-1-3-6-14)13-28-19(23)17-7-4-12-20(17)29(26,27)16-10-8-15(9-11-16)21(24)25/h1-3,5-6,8-11,17H,4,7,12-13H2/t17-/m1/s1. The number of hydrogen-bond donors (Lipinski definition) is 0. The number of Topliss-reactive ketones (excluding diaryl/α,β-unsaturated/α-hetero) is 1. The number of ketones is 1. The SMILES string of the molecule is O=C(COC(=O)[C@H]1CCCN1S(=O)(=O)c1ccc([N+](=O)[O-])cc1)c1ccccc1. The molecule has 0 N–H and O–H groups in total. The smallest absolute Gasteiger partial charge is 0.324 e. The number of ether oxygens (including phenoxy) is 1. The summed E-state index contributed by atoms with van der Waals surface area (Å²) in [7, 11) is -4.04. The summed E-state index contributed by atoms with van der Waals surface area (Å²) in [6.45, 7) is -0.365. The molecular weight excluding hydrogens is 400 g/mol. The first-order valence-corrected chi connectivity index (χ1v) is 10.3. The van der Waals surface area contributed by atoms with Crippen molar-refractivity contribution in [3.63, 3.8) is 0 Å². The van der Waals surface area contributed by atoms with E-state index in [1.807, 2.05) is 0 Å². The fourth-order valence-electron chi connectivity index (χ4n) is 3.08. The number of sulfonamides is 1. The molecule has 3 rings (SSSR count). The zero-order valence-electron chi connectivity index (χ0n) is 15.3. The number of nitrogens with zero attached hydrogens (tertiary/aromatic N) is 2. The van der Waals surface area contributed by atoms with E-state index in [2.05, 4.69) is 0 Å². The quantitative estimate of drug-likeness (QED) is 0.292. The van der Waals surface area contributed by atoms with Crippen molar-refractivity contribution in [1.82, 2.24) is 4.31 Å². The molecule has 0 bridgehead atoms. The fraction of sp³-hybridized carbons (Fsp3) is 0.263. The zero-order valence-corrected chi connectivity index (χ0v) is 16.1. The van der Waals surface area contributed by atoms with Gasteiger partial charge >= 0.3 is 5.97 Å². The Hall–Kier alpha value is -3.11. The number of carbonyl (C=O) groups excluding carboxylic acids is 2. The largest absolute Gasteiger partial charge is 0.456 e. The van der Waals surface area contributed by atoms with Crippen LogP contribution < -0.4 is 0 Å². The van der Waals surface area contributed by atoms with Crippen molar-refractivity contribution in [2.75, 3.05) is 13.2 Å². The lowest BCUT2D eigenvalue weighted by atomic mass is 10.1. The molecule has 1 aliphatic rings. The average molecular weight is 418 g/mol. The number of nitro benzene ring substituents is 1. The molecule has 0 amide bonds. The highest BCUT2D eigenvalue weighted by molar-refractivity contribution is 7.89. The average Bonchev–Trinajstić information content (AvgIpc) is 3.23. The van der Waals surface area contributed by atoms with Gasteiger partial charge in [0, 0.05) is 24.2 Å². The Morgan fingerprint density at radius 1 is 1.10 bits per heavy atom. The Labute approximate surface area is 167 Å². The number of rotatable bonds is 7. The Morgan fingerprint density at radius 2 is 1.76 bits per heavy atom. The molecule has 0 spiro atoms. The van der Waals surface area contributed by atoms with E-state index in [9.17, 15) is 28.1 Å². The highest BCUT2D eigenvalue weighted by Gasteiger charge is 2.40. The molecule has 1 saturated heterocycles. The second-order valence-electron chi connectivity index (χ2n) is 6.42. The fourth-order valence-corrected chi connectivity index (χ4v) is 4.73. The Morgan fingerprint density at radius 3 is 2.38 bits per heavy atom. The number of benzene rings is 2. The van der Waals surface area contributed by atoms with Gasteiger partial charge in [-0.05, 0) is 25.0 Å². The lowest BCUT2D eigenvalue weighted by molar-refractivity contribution is -0.384. The van der Waals surface area contributed by atoms with Crippen molar-refractivity contribution >= 4 is 27.5 Å². The van der Waals surface area contributed by atoms with Crippen LogP contribution in [0.15, 0.2) is 59.5 Å². The maximum Gasteiger partial charge on any atom is 0.324 e. The first-order valence-electron chi connectivity index (χ1n) is 8.82. The normalized spacial score (nSPS) is 17.0. The number of nitro groups is 1. The monoisotopic (exact) mass is 418 g/mol. The van der Waals surface area contributed by atoms with Gasteiger partial charge in [-0.1, -0.05) is 30.3 Å². The second-order valence-corrected chi connectivity index (χ2v) is 8.31. The highest BCUT2D eigenvalue weighted by Crippen LogP contribution is 2.28. The minimum absolute atomic E-state index is 0.117. The van der Waals surface area contributed by atoms with Crippen LogP contribution in [0.1, 0.15) is 23.2 Å². The van der Waals surface area contributed by atoms with E-state index in [1.165, 1.54) is 0 Å². The Kier molecular flexibility index (Phi) is 6.04. The summed E-state index contributed by atoms with van der Waals surface area (Å²) in [6.07, 6.45) is 0.725. The van der Waals surface area contributed by atoms with Gasteiger partial charge in [0.15, 0.2) is 12.4 Å². The molecule has 152 valence electrons. The van der Waals surface area contributed by atoms with Gasteiger partial charge in [-0.25, -0.2) is 8.42 Å². The van der Waals surface area contributed by atoms with E-state index in [1.54, 1.807) is 30.3 Å². The van der Waals surface area contributed by atoms with Crippen LogP contribution in [0.25, 0.3) is 0 Å². The molecule has 1 atom stereocenters. The van der Waals surface area contributed by atoms with Gasteiger partial charge in [-0.2, -0.15) is 4.31 Å². The summed E-state index contributed by atoms with van der Waals surface area (Å²) in [5.41, 5.74) is 0.155. The summed E-state index contributed by atoms with van der Waals surface area (Å²) < 4.78 is 31.8. The third kappa shape index (κ3) is 4.49. The van der Waals surface area contributed by atoms with Crippen LogP contribution in [-0.2, 0) is 19.6 Å². The third-order valence-electron chi connectivity index (χ3n) is 4.57. The van der Waals surface area contributed by atoms with E-state index < -0.39 is 33.6 Å².